The van der Waals surface area contributed by atoms with Crippen LogP contribution in [-0.4, -0.2) is 30.8 Å². The van der Waals surface area contributed by atoms with Gasteiger partial charge in [-0.1, -0.05) is 41.0 Å². The maximum Gasteiger partial charge on any atom is 0.421 e. The largest absolute Gasteiger partial charge is 0.472 e. The Bertz CT molecular complexity index is 992. The number of nitrogens with zero attached hydrogens (tertiary/aromatic N) is 2. The van der Waals surface area contributed by atoms with Gasteiger partial charge in [0.05, 0.1) is 5.56 Å². The molecule has 1 aromatic heterocycles. The molecule has 31 heavy (non-hydrogen) atoms. The number of nitrogens with one attached hydrogen (secondary N) is 1. The van der Waals surface area contributed by atoms with Gasteiger partial charge in [-0.05, 0) is 11.6 Å². The van der Waals surface area contributed by atoms with E-state index in [0.29, 0.717) is 0 Å². The van der Waals surface area contributed by atoms with E-state index in [9.17, 15) is 31.1 Å². The molecule has 2 aromatic rings. The minimum Gasteiger partial charge on any atom is -0.472 e. The Hall–Kier alpha value is -3.02. The van der Waals surface area contributed by atoms with Gasteiger partial charge in [-0.15, -0.1) is 0 Å². The molecule has 13 heteroatoms. The third-order valence-electron chi connectivity index (χ3n) is 3.81. The van der Waals surface area contributed by atoms with E-state index in [1.807, 2.05) is 0 Å². The van der Waals surface area contributed by atoms with E-state index in [-0.39, 0.29) is 22.9 Å². The standard InChI is InChI=1S/C18H14ClF6N3O3/c1-26-15(29)13(28-30-2)10-6-4-3-5-9(10)8-31-16-12(18(23,24)25)7-11(14(19)27-16)17(20,21)22/h3-7H,8H2,1-2H3,(H,26,29)/b28-13+. The van der Waals surface area contributed by atoms with E-state index in [1.54, 1.807) is 0 Å². The van der Waals surface area contributed by atoms with Gasteiger partial charge in [0.15, 0.2) is 5.71 Å². The van der Waals surface area contributed by atoms with Gasteiger partial charge in [0.25, 0.3) is 5.91 Å². The SMILES string of the molecule is CNC(=O)/C(=N/OC)c1ccccc1COc1nc(Cl)c(C(F)(F)F)cc1C(F)(F)F. The summed E-state index contributed by atoms with van der Waals surface area (Å²) in [5, 5.41) is 4.73. The second-order valence-corrected chi connectivity index (χ2v) is 6.18. The minimum absolute atomic E-state index is 0.162. The highest BCUT2D eigenvalue weighted by Crippen LogP contribution is 2.42. The molecule has 1 heterocycles. The number of ether oxygens (including phenoxy) is 1. The summed E-state index contributed by atoms with van der Waals surface area (Å²) in [7, 11) is 2.52. The Morgan fingerprint density at radius 3 is 2.29 bits per heavy atom. The Labute approximate surface area is 176 Å². The quantitative estimate of drug-likeness (QED) is 0.294. The van der Waals surface area contributed by atoms with Gasteiger partial charge in [-0.2, -0.15) is 26.3 Å². The summed E-state index contributed by atoms with van der Waals surface area (Å²) in [6.07, 6.45) is -10.3. The topological polar surface area (TPSA) is 72.8 Å². The zero-order valence-electron chi connectivity index (χ0n) is 15.9. The van der Waals surface area contributed by atoms with E-state index in [0.717, 1.165) is 0 Å². The number of oxime groups is 1. The number of aromatic nitrogens is 1. The van der Waals surface area contributed by atoms with Gasteiger partial charge in [0.1, 0.15) is 24.4 Å². The molecule has 1 aromatic carbocycles. The van der Waals surface area contributed by atoms with Gasteiger partial charge in [0, 0.05) is 12.6 Å². The van der Waals surface area contributed by atoms with Crippen molar-refractivity contribution in [3.63, 3.8) is 0 Å². The van der Waals surface area contributed by atoms with Crippen LogP contribution >= 0.6 is 11.6 Å². The third-order valence-corrected chi connectivity index (χ3v) is 4.10. The summed E-state index contributed by atoms with van der Waals surface area (Å²) in [5.74, 6) is -1.80. The van der Waals surface area contributed by atoms with Crippen molar-refractivity contribution in [3.05, 3.63) is 57.7 Å². The first-order chi connectivity index (χ1) is 14.4. The monoisotopic (exact) mass is 469 g/mol. The smallest absolute Gasteiger partial charge is 0.421 e. The van der Waals surface area contributed by atoms with E-state index in [2.05, 4.69) is 20.3 Å². The average Bonchev–Trinajstić information content (AvgIpc) is 2.68. The Kier molecular flexibility index (Phi) is 7.37. The number of carbonyl (C=O) groups excluding carboxylic acids is 1. The third kappa shape index (κ3) is 5.78. The fourth-order valence-electron chi connectivity index (χ4n) is 2.43. The molecule has 6 nitrogen and oxygen atoms in total. The maximum absolute atomic E-state index is 13.3. The number of pyridine rings is 1. The summed E-state index contributed by atoms with van der Waals surface area (Å²) >= 11 is 5.43. The van der Waals surface area contributed by atoms with Gasteiger partial charge in [0.2, 0.25) is 5.88 Å². The van der Waals surface area contributed by atoms with Crippen LogP contribution in [0.15, 0.2) is 35.5 Å². The van der Waals surface area contributed by atoms with Crippen molar-refractivity contribution in [2.75, 3.05) is 14.2 Å². The van der Waals surface area contributed by atoms with Crippen LogP contribution in [0, 0.1) is 0 Å². The fourth-order valence-corrected chi connectivity index (χ4v) is 2.67. The average molecular weight is 470 g/mol. The number of alkyl halides is 6. The normalized spacial score (nSPS) is 12.5. The van der Waals surface area contributed by atoms with Crippen LogP contribution in [0.4, 0.5) is 26.3 Å². The molecular weight excluding hydrogens is 456 g/mol. The van der Waals surface area contributed by atoms with Crippen LogP contribution < -0.4 is 10.1 Å². The summed E-state index contributed by atoms with van der Waals surface area (Å²) in [5.41, 5.74) is -3.34. The van der Waals surface area contributed by atoms with Gasteiger partial charge < -0.3 is 14.9 Å². The molecule has 1 N–H and O–H groups in total. The minimum atomic E-state index is -5.20. The van der Waals surface area contributed by atoms with E-state index < -0.39 is 47.0 Å². The number of likely N-dealkylation sites (N-methyl/N-ethyl adjacent to an activating group) is 1. The summed E-state index contributed by atoms with van der Waals surface area (Å²) < 4.78 is 83.8. The number of benzene rings is 1. The second kappa shape index (κ2) is 9.41. The van der Waals surface area contributed by atoms with Crippen LogP contribution in [0.2, 0.25) is 5.15 Å². The highest BCUT2D eigenvalue weighted by molar-refractivity contribution is 6.45. The first-order valence-corrected chi connectivity index (χ1v) is 8.67. The second-order valence-electron chi connectivity index (χ2n) is 5.82. The lowest BCUT2D eigenvalue weighted by Crippen LogP contribution is -2.29. The molecule has 0 fully saturated rings. The van der Waals surface area contributed by atoms with Crippen molar-refractivity contribution in [3.8, 4) is 5.88 Å². The molecule has 0 bridgehead atoms. The van der Waals surface area contributed by atoms with E-state index >= 15 is 0 Å². The zero-order valence-corrected chi connectivity index (χ0v) is 16.6. The molecule has 0 aliphatic carbocycles. The Morgan fingerprint density at radius 1 is 1.13 bits per heavy atom. The Balaban J connectivity index is 2.48. The molecule has 0 aliphatic heterocycles. The van der Waals surface area contributed by atoms with Crippen molar-refractivity contribution >= 4 is 23.2 Å². The lowest BCUT2D eigenvalue weighted by Gasteiger charge is -2.17. The van der Waals surface area contributed by atoms with E-state index in [4.69, 9.17) is 16.3 Å². The van der Waals surface area contributed by atoms with Crippen LogP contribution in [0.3, 0.4) is 0 Å². The lowest BCUT2D eigenvalue weighted by molar-refractivity contribution is -0.144. The first kappa shape index (κ1) is 24.3. The predicted molar refractivity (Wildman–Crippen MR) is 97.6 cm³/mol. The predicted octanol–water partition coefficient (Wildman–Crippen LogP) is 4.45. The molecule has 0 atom stereocenters. The number of halogens is 7. The van der Waals surface area contributed by atoms with Crippen molar-refractivity contribution < 1.29 is 40.7 Å². The molecule has 2 rings (SSSR count). The number of hydrogen-bond donors (Lipinski definition) is 1. The molecule has 0 saturated carbocycles. The van der Waals surface area contributed by atoms with Crippen molar-refractivity contribution in [1.29, 1.82) is 0 Å². The molecule has 0 radical (unpaired) electrons. The highest BCUT2D eigenvalue weighted by Gasteiger charge is 2.41. The lowest BCUT2D eigenvalue weighted by atomic mass is 10.0. The summed E-state index contributed by atoms with van der Waals surface area (Å²) in [4.78, 5) is 19.8. The van der Waals surface area contributed by atoms with Gasteiger partial charge in [-0.3, -0.25) is 4.79 Å². The molecule has 0 unspecified atom stereocenters. The molecular formula is C18H14ClF6N3O3. The van der Waals surface area contributed by atoms with Gasteiger partial charge >= 0.3 is 12.4 Å². The number of amides is 1. The fraction of sp³-hybridized carbons (Fsp3) is 0.278. The van der Waals surface area contributed by atoms with E-state index in [1.165, 1.54) is 38.4 Å². The van der Waals surface area contributed by atoms with Crippen LogP contribution in [0.25, 0.3) is 0 Å². The molecule has 0 saturated heterocycles. The summed E-state index contributed by atoms with van der Waals surface area (Å²) in [6, 6.07) is 5.72. The van der Waals surface area contributed by atoms with Crippen molar-refractivity contribution in [2.45, 2.75) is 19.0 Å². The van der Waals surface area contributed by atoms with Crippen LogP contribution in [0.1, 0.15) is 22.3 Å². The molecule has 0 aliphatic rings. The maximum atomic E-state index is 13.3. The number of rotatable bonds is 6. The summed E-state index contributed by atoms with van der Waals surface area (Å²) in [6.45, 7) is -0.590. The highest BCUT2D eigenvalue weighted by atomic mass is 35.5. The van der Waals surface area contributed by atoms with Crippen molar-refractivity contribution in [2.24, 2.45) is 5.16 Å². The Morgan fingerprint density at radius 2 is 1.74 bits per heavy atom. The van der Waals surface area contributed by atoms with Crippen LogP contribution in [0.5, 0.6) is 5.88 Å². The number of hydrogen-bond acceptors (Lipinski definition) is 5. The van der Waals surface area contributed by atoms with Crippen LogP contribution in [-0.2, 0) is 28.6 Å². The van der Waals surface area contributed by atoms with Gasteiger partial charge in [-0.25, -0.2) is 4.98 Å². The zero-order chi connectivity index (χ0) is 23.4. The van der Waals surface area contributed by atoms with Crippen molar-refractivity contribution in [1.82, 2.24) is 10.3 Å². The molecule has 1 amide bonds. The molecule has 168 valence electrons. The number of carbonyl (C=O) groups is 1. The first-order valence-electron chi connectivity index (χ1n) is 8.29. The molecule has 0 spiro atoms.